The lowest BCUT2D eigenvalue weighted by molar-refractivity contribution is 0.280. The second-order valence-corrected chi connectivity index (χ2v) is 4.83. The largest absolute Gasteiger partial charge is 0.485 e. The molecule has 0 fully saturated rings. The Morgan fingerprint density at radius 1 is 1.48 bits per heavy atom. The lowest BCUT2D eigenvalue weighted by Gasteiger charge is -2.13. The lowest BCUT2D eigenvalue weighted by atomic mass is 10.1. The molecule has 0 bridgehead atoms. The summed E-state index contributed by atoms with van der Waals surface area (Å²) < 4.78 is 20.7. The van der Waals surface area contributed by atoms with Crippen LogP contribution in [0.5, 0.6) is 5.75 Å². The summed E-state index contributed by atoms with van der Waals surface area (Å²) in [5, 5.41) is 16.1. The maximum absolute atomic E-state index is 13.4. The van der Waals surface area contributed by atoms with Crippen molar-refractivity contribution in [2.75, 3.05) is 0 Å². The molecule has 1 N–H and O–H groups in total. The van der Waals surface area contributed by atoms with Gasteiger partial charge in [0.2, 0.25) is 0 Å². The minimum absolute atomic E-state index is 0.146. The Bertz CT molecular complexity index is 652. The predicted octanol–water partition coefficient (Wildman–Crippen LogP) is 2.78. The van der Waals surface area contributed by atoms with Gasteiger partial charge in [0.1, 0.15) is 24.5 Å². The normalized spacial score (nSPS) is 12.0. The Morgan fingerprint density at radius 3 is 2.90 bits per heavy atom. The van der Waals surface area contributed by atoms with Crippen molar-refractivity contribution in [2.24, 2.45) is 5.16 Å². The average molecular weight is 292 g/mol. The number of oxime groups is 1. The highest BCUT2D eigenvalue weighted by atomic mass is 19.1. The van der Waals surface area contributed by atoms with Crippen molar-refractivity contribution in [1.29, 1.82) is 0 Å². The van der Waals surface area contributed by atoms with Crippen molar-refractivity contribution < 1.29 is 14.3 Å². The molecule has 0 aliphatic carbocycles. The molecule has 0 atom stereocenters. The molecule has 6 nitrogen and oxygen atoms in total. The third-order valence-electron chi connectivity index (χ3n) is 2.98. The van der Waals surface area contributed by atoms with Crippen LogP contribution in [0.15, 0.2) is 29.7 Å². The topological polar surface area (TPSA) is 72.5 Å². The molecule has 1 heterocycles. The first-order valence-corrected chi connectivity index (χ1v) is 6.52. The molecule has 112 valence electrons. The van der Waals surface area contributed by atoms with Gasteiger partial charge in [-0.2, -0.15) is 5.10 Å². The first-order chi connectivity index (χ1) is 10.0. The van der Waals surface area contributed by atoms with E-state index in [0.29, 0.717) is 22.8 Å². The van der Waals surface area contributed by atoms with E-state index in [2.05, 4.69) is 15.2 Å². The number of nitrogens with zero attached hydrogens (tertiary/aromatic N) is 4. The van der Waals surface area contributed by atoms with Crippen LogP contribution in [-0.4, -0.2) is 25.7 Å². The van der Waals surface area contributed by atoms with Gasteiger partial charge in [0.25, 0.3) is 0 Å². The second kappa shape index (κ2) is 6.34. The fraction of sp³-hybridized carbons (Fsp3) is 0.357. The van der Waals surface area contributed by atoms with Gasteiger partial charge in [0.15, 0.2) is 5.82 Å². The van der Waals surface area contributed by atoms with Gasteiger partial charge < -0.3 is 9.94 Å². The highest BCUT2D eigenvalue weighted by Gasteiger charge is 2.12. The molecule has 0 radical (unpaired) electrons. The summed E-state index contributed by atoms with van der Waals surface area (Å²) in [6.07, 6.45) is 1.45. The fourth-order valence-corrected chi connectivity index (χ4v) is 1.92. The summed E-state index contributed by atoms with van der Waals surface area (Å²) in [7, 11) is 0. The third kappa shape index (κ3) is 3.36. The number of aromatic nitrogens is 3. The van der Waals surface area contributed by atoms with Crippen LogP contribution in [0.1, 0.15) is 38.2 Å². The van der Waals surface area contributed by atoms with Gasteiger partial charge >= 0.3 is 0 Å². The molecular formula is C14H17FN4O2. The van der Waals surface area contributed by atoms with E-state index in [1.54, 1.807) is 11.6 Å². The number of hydrogen-bond acceptors (Lipinski definition) is 5. The van der Waals surface area contributed by atoms with E-state index >= 15 is 0 Å². The number of rotatable bonds is 5. The van der Waals surface area contributed by atoms with Gasteiger partial charge in [-0.25, -0.2) is 14.1 Å². The van der Waals surface area contributed by atoms with Crippen LogP contribution in [-0.2, 0) is 6.61 Å². The molecule has 2 rings (SSSR count). The van der Waals surface area contributed by atoms with E-state index in [-0.39, 0.29) is 12.6 Å². The lowest BCUT2D eigenvalue weighted by Crippen LogP contribution is -2.11. The highest BCUT2D eigenvalue weighted by Crippen LogP contribution is 2.22. The van der Waals surface area contributed by atoms with Crippen LogP contribution < -0.4 is 4.74 Å². The summed E-state index contributed by atoms with van der Waals surface area (Å²) in [6.45, 7) is 5.72. The summed E-state index contributed by atoms with van der Waals surface area (Å²) in [5.74, 6) is 0.507. The van der Waals surface area contributed by atoms with Gasteiger partial charge in [-0.1, -0.05) is 5.16 Å². The third-order valence-corrected chi connectivity index (χ3v) is 2.98. The van der Waals surface area contributed by atoms with E-state index in [9.17, 15) is 4.39 Å². The van der Waals surface area contributed by atoms with Crippen LogP contribution in [0.4, 0.5) is 4.39 Å². The predicted molar refractivity (Wildman–Crippen MR) is 75.1 cm³/mol. The van der Waals surface area contributed by atoms with Crippen molar-refractivity contribution in [3.63, 3.8) is 0 Å². The van der Waals surface area contributed by atoms with Crippen LogP contribution in [0.25, 0.3) is 0 Å². The van der Waals surface area contributed by atoms with E-state index in [1.807, 2.05) is 13.8 Å². The molecule has 0 aliphatic rings. The minimum Gasteiger partial charge on any atom is -0.485 e. The Balaban J connectivity index is 2.23. The zero-order valence-electron chi connectivity index (χ0n) is 12.1. The number of benzene rings is 1. The van der Waals surface area contributed by atoms with Gasteiger partial charge in [-0.3, -0.25) is 0 Å². The van der Waals surface area contributed by atoms with Gasteiger partial charge in [0, 0.05) is 17.7 Å². The highest BCUT2D eigenvalue weighted by molar-refractivity contribution is 6.00. The van der Waals surface area contributed by atoms with Crippen LogP contribution >= 0.6 is 0 Å². The molecule has 2 aromatic rings. The molecule has 0 spiro atoms. The average Bonchev–Trinajstić information content (AvgIpc) is 2.93. The van der Waals surface area contributed by atoms with Crippen molar-refractivity contribution in [2.45, 2.75) is 33.4 Å². The first kappa shape index (κ1) is 15.0. The maximum Gasteiger partial charge on any atom is 0.165 e. The Morgan fingerprint density at radius 2 is 2.24 bits per heavy atom. The molecule has 1 aromatic carbocycles. The zero-order valence-corrected chi connectivity index (χ0v) is 12.1. The molecule has 0 saturated heterocycles. The molecule has 0 aliphatic heterocycles. The van der Waals surface area contributed by atoms with Gasteiger partial charge in [-0.05, 0) is 32.9 Å². The molecule has 0 unspecified atom stereocenters. The minimum atomic E-state index is -0.426. The SMILES string of the molecule is CC(=NO)c1ccc(F)cc1OCc1ncnn1C(C)C. The Kier molecular flexibility index (Phi) is 4.52. The summed E-state index contributed by atoms with van der Waals surface area (Å²) in [4.78, 5) is 4.12. The van der Waals surface area contributed by atoms with Gasteiger partial charge in [0.05, 0.1) is 5.71 Å². The second-order valence-electron chi connectivity index (χ2n) is 4.83. The number of ether oxygens (including phenoxy) is 1. The van der Waals surface area contributed by atoms with Crippen molar-refractivity contribution in [3.8, 4) is 5.75 Å². The van der Waals surface area contributed by atoms with E-state index in [0.717, 1.165) is 0 Å². The number of halogens is 1. The van der Waals surface area contributed by atoms with Crippen molar-refractivity contribution in [1.82, 2.24) is 14.8 Å². The molecule has 0 amide bonds. The quantitative estimate of drug-likeness (QED) is 0.522. The summed E-state index contributed by atoms with van der Waals surface area (Å²) >= 11 is 0. The molecule has 7 heteroatoms. The van der Waals surface area contributed by atoms with Crippen molar-refractivity contribution in [3.05, 3.63) is 41.7 Å². The maximum atomic E-state index is 13.4. The molecule has 21 heavy (non-hydrogen) atoms. The Labute approximate surface area is 121 Å². The standard InChI is InChI=1S/C14H17FN4O2/c1-9(2)19-14(16-8-17-19)7-21-13-6-11(15)4-5-12(13)10(3)18-20/h4-6,8-9,20H,7H2,1-3H3. The fourth-order valence-electron chi connectivity index (χ4n) is 1.92. The van der Waals surface area contributed by atoms with E-state index in [4.69, 9.17) is 9.94 Å². The van der Waals surface area contributed by atoms with Gasteiger partial charge in [-0.15, -0.1) is 0 Å². The molecule has 1 aromatic heterocycles. The van der Waals surface area contributed by atoms with E-state index < -0.39 is 5.82 Å². The van der Waals surface area contributed by atoms with Crippen LogP contribution in [0.3, 0.4) is 0 Å². The van der Waals surface area contributed by atoms with Crippen molar-refractivity contribution >= 4 is 5.71 Å². The Hall–Kier alpha value is -2.44. The number of hydrogen-bond donors (Lipinski definition) is 1. The van der Waals surface area contributed by atoms with Crippen LogP contribution in [0.2, 0.25) is 0 Å². The summed E-state index contributed by atoms with van der Waals surface area (Å²) in [6, 6.07) is 4.19. The first-order valence-electron chi connectivity index (χ1n) is 6.52. The molecule has 0 saturated carbocycles. The zero-order chi connectivity index (χ0) is 15.4. The van der Waals surface area contributed by atoms with E-state index in [1.165, 1.54) is 24.5 Å². The summed E-state index contributed by atoms with van der Waals surface area (Å²) in [5.41, 5.74) is 0.866. The smallest absolute Gasteiger partial charge is 0.165 e. The molecular weight excluding hydrogens is 275 g/mol. The monoisotopic (exact) mass is 292 g/mol. The van der Waals surface area contributed by atoms with Crippen LogP contribution in [0, 0.1) is 5.82 Å².